The van der Waals surface area contributed by atoms with Gasteiger partial charge >= 0.3 is 0 Å². The van der Waals surface area contributed by atoms with Crippen LogP contribution in [0.1, 0.15) is 36.5 Å². The van der Waals surface area contributed by atoms with Gasteiger partial charge in [0, 0.05) is 6.61 Å². The van der Waals surface area contributed by atoms with Crippen LogP contribution in [0, 0.1) is 0 Å². The van der Waals surface area contributed by atoms with E-state index in [2.05, 4.69) is 24.3 Å². The predicted molar refractivity (Wildman–Crippen MR) is 59.8 cm³/mol. The molecule has 1 N–H and O–H groups in total. The monoisotopic (exact) mass is 206 g/mol. The van der Waals surface area contributed by atoms with Crippen LogP contribution in [0.25, 0.3) is 0 Å². The number of rotatable bonds is 4. The minimum atomic E-state index is 0.251. The minimum Gasteiger partial charge on any atom is -0.396 e. The van der Waals surface area contributed by atoms with E-state index in [0.717, 1.165) is 32.3 Å². The number of unbranched alkanes of at least 4 members (excludes halogenated alkanes) is 1. The number of fused-ring (bicyclic) bond motifs is 1. The number of hydrogen-bond donors (Lipinski definition) is 1. The van der Waals surface area contributed by atoms with E-state index >= 15 is 0 Å². The number of benzene rings is 1. The van der Waals surface area contributed by atoms with E-state index < -0.39 is 0 Å². The molecule has 1 unspecified atom stereocenters. The van der Waals surface area contributed by atoms with Crippen molar-refractivity contribution in [2.24, 2.45) is 0 Å². The highest BCUT2D eigenvalue weighted by atomic mass is 16.5. The molecule has 0 saturated carbocycles. The number of aliphatic hydroxyl groups excluding tert-OH is 1. The van der Waals surface area contributed by atoms with E-state index in [1.807, 2.05) is 0 Å². The number of hydrogen-bond acceptors (Lipinski definition) is 2. The Labute approximate surface area is 90.9 Å². The lowest BCUT2D eigenvalue weighted by Gasteiger charge is -2.25. The standard InChI is InChI=1S/C13H18O2/c14-9-4-3-7-13-12-6-2-1-5-11(12)8-10-15-13/h1-2,5-6,13-14H,3-4,7-10H2. The largest absolute Gasteiger partial charge is 0.396 e. The molecule has 82 valence electrons. The highest BCUT2D eigenvalue weighted by Gasteiger charge is 2.19. The van der Waals surface area contributed by atoms with Gasteiger partial charge in [-0.2, -0.15) is 0 Å². The van der Waals surface area contributed by atoms with E-state index in [9.17, 15) is 0 Å². The lowest BCUT2D eigenvalue weighted by molar-refractivity contribution is 0.0341. The van der Waals surface area contributed by atoms with E-state index in [4.69, 9.17) is 9.84 Å². The fourth-order valence-corrected chi connectivity index (χ4v) is 2.16. The Morgan fingerprint density at radius 3 is 3.00 bits per heavy atom. The molecule has 15 heavy (non-hydrogen) atoms. The van der Waals surface area contributed by atoms with Crippen LogP contribution in [0.15, 0.2) is 24.3 Å². The molecule has 0 fully saturated rings. The lowest BCUT2D eigenvalue weighted by Crippen LogP contribution is -2.16. The van der Waals surface area contributed by atoms with Gasteiger partial charge in [-0.15, -0.1) is 0 Å². The summed E-state index contributed by atoms with van der Waals surface area (Å²) in [7, 11) is 0. The fourth-order valence-electron chi connectivity index (χ4n) is 2.16. The average molecular weight is 206 g/mol. The van der Waals surface area contributed by atoms with Crippen molar-refractivity contribution in [2.75, 3.05) is 13.2 Å². The molecule has 0 saturated heterocycles. The summed E-state index contributed by atoms with van der Waals surface area (Å²) in [5.74, 6) is 0. The van der Waals surface area contributed by atoms with Gasteiger partial charge < -0.3 is 9.84 Å². The average Bonchev–Trinajstić information content (AvgIpc) is 2.30. The molecule has 1 aliphatic rings. The van der Waals surface area contributed by atoms with Crippen LogP contribution in [0.2, 0.25) is 0 Å². The summed E-state index contributed by atoms with van der Waals surface area (Å²) in [6.45, 7) is 1.12. The molecule has 1 heterocycles. The van der Waals surface area contributed by atoms with Crippen molar-refractivity contribution in [2.45, 2.75) is 31.8 Å². The summed E-state index contributed by atoms with van der Waals surface area (Å²) in [5, 5.41) is 8.75. The van der Waals surface area contributed by atoms with Gasteiger partial charge in [0.25, 0.3) is 0 Å². The summed E-state index contributed by atoms with van der Waals surface area (Å²) in [6.07, 6.45) is 4.23. The summed E-state index contributed by atoms with van der Waals surface area (Å²) in [4.78, 5) is 0. The molecule has 1 aromatic carbocycles. The second-order valence-corrected chi connectivity index (χ2v) is 4.03. The maximum atomic E-state index is 8.75. The molecule has 0 radical (unpaired) electrons. The molecule has 0 spiro atoms. The molecule has 1 aromatic rings. The summed E-state index contributed by atoms with van der Waals surface area (Å²) in [6, 6.07) is 8.52. The number of aliphatic hydroxyl groups is 1. The predicted octanol–water partition coefficient (Wildman–Crippen LogP) is 2.46. The minimum absolute atomic E-state index is 0.251. The molecule has 0 bridgehead atoms. The zero-order valence-corrected chi connectivity index (χ0v) is 8.98. The fraction of sp³-hybridized carbons (Fsp3) is 0.538. The summed E-state index contributed by atoms with van der Waals surface area (Å²) < 4.78 is 5.77. The van der Waals surface area contributed by atoms with E-state index in [1.165, 1.54) is 11.1 Å². The summed E-state index contributed by atoms with van der Waals surface area (Å²) >= 11 is 0. The second kappa shape index (κ2) is 5.29. The van der Waals surface area contributed by atoms with E-state index in [0.29, 0.717) is 0 Å². The molecule has 1 aliphatic heterocycles. The van der Waals surface area contributed by atoms with Crippen molar-refractivity contribution in [1.82, 2.24) is 0 Å². The Kier molecular flexibility index (Phi) is 3.75. The Balaban J connectivity index is 2.02. The highest BCUT2D eigenvalue weighted by molar-refractivity contribution is 5.30. The lowest BCUT2D eigenvalue weighted by atomic mass is 9.94. The van der Waals surface area contributed by atoms with E-state index in [-0.39, 0.29) is 12.7 Å². The van der Waals surface area contributed by atoms with Crippen LogP contribution < -0.4 is 0 Å². The van der Waals surface area contributed by atoms with Gasteiger partial charge in [0.05, 0.1) is 12.7 Å². The zero-order valence-electron chi connectivity index (χ0n) is 8.98. The van der Waals surface area contributed by atoms with Crippen LogP contribution in [0.3, 0.4) is 0 Å². The van der Waals surface area contributed by atoms with Crippen LogP contribution in [-0.4, -0.2) is 18.3 Å². The van der Waals surface area contributed by atoms with Gasteiger partial charge in [0.15, 0.2) is 0 Å². The van der Waals surface area contributed by atoms with Gasteiger partial charge in [-0.25, -0.2) is 0 Å². The van der Waals surface area contributed by atoms with Gasteiger partial charge in [0.2, 0.25) is 0 Å². The SMILES string of the molecule is OCCCCC1OCCc2ccccc21. The van der Waals surface area contributed by atoms with Crippen molar-refractivity contribution >= 4 is 0 Å². The Morgan fingerprint density at radius 1 is 1.27 bits per heavy atom. The molecular weight excluding hydrogens is 188 g/mol. The first-order valence-corrected chi connectivity index (χ1v) is 5.72. The van der Waals surface area contributed by atoms with Crippen molar-refractivity contribution in [1.29, 1.82) is 0 Å². The first-order valence-electron chi connectivity index (χ1n) is 5.72. The van der Waals surface area contributed by atoms with Crippen LogP contribution >= 0.6 is 0 Å². The topological polar surface area (TPSA) is 29.5 Å². The van der Waals surface area contributed by atoms with Crippen molar-refractivity contribution in [3.63, 3.8) is 0 Å². The smallest absolute Gasteiger partial charge is 0.0827 e. The highest BCUT2D eigenvalue weighted by Crippen LogP contribution is 2.30. The molecule has 2 heteroatoms. The van der Waals surface area contributed by atoms with Crippen molar-refractivity contribution < 1.29 is 9.84 Å². The molecule has 0 aliphatic carbocycles. The molecular formula is C13H18O2. The van der Waals surface area contributed by atoms with E-state index in [1.54, 1.807) is 0 Å². The maximum absolute atomic E-state index is 8.75. The van der Waals surface area contributed by atoms with Gasteiger partial charge in [-0.3, -0.25) is 0 Å². The molecule has 1 atom stereocenters. The molecule has 2 rings (SSSR count). The molecule has 0 amide bonds. The number of ether oxygens (including phenoxy) is 1. The third-order valence-electron chi connectivity index (χ3n) is 2.97. The van der Waals surface area contributed by atoms with Crippen molar-refractivity contribution in [3.8, 4) is 0 Å². The quantitative estimate of drug-likeness (QED) is 0.767. The summed E-state index contributed by atoms with van der Waals surface area (Å²) in [5.41, 5.74) is 2.78. The maximum Gasteiger partial charge on any atom is 0.0827 e. The first kappa shape index (κ1) is 10.7. The third-order valence-corrected chi connectivity index (χ3v) is 2.97. The Bertz CT molecular complexity index is 309. The molecule has 0 aromatic heterocycles. The Hall–Kier alpha value is -0.860. The normalized spacial score (nSPS) is 19.9. The second-order valence-electron chi connectivity index (χ2n) is 4.03. The van der Waals surface area contributed by atoms with Crippen molar-refractivity contribution in [3.05, 3.63) is 35.4 Å². The van der Waals surface area contributed by atoms with Gasteiger partial charge in [0.1, 0.15) is 0 Å². The van der Waals surface area contributed by atoms with Gasteiger partial charge in [-0.1, -0.05) is 24.3 Å². The van der Waals surface area contributed by atoms with Gasteiger partial charge in [-0.05, 0) is 36.8 Å². The van der Waals surface area contributed by atoms with Crippen LogP contribution in [0.5, 0.6) is 0 Å². The van der Waals surface area contributed by atoms with Crippen LogP contribution in [-0.2, 0) is 11.2 Å². The Morgan fingerprint density at radius 2 is 2.13 bits per heavy atom. The molecule has 2 nitrogen and oxygen atoms in total. The van der Waals surface area contributed by atoms with Crippen LogP contribution in [0.4, 0.5) is 0 Å². The first-order chi connectivity index (χ1) is 7.42. The third kappa shape index (κ3) is 2.58. The zero-order chi connectivity index (χ0) is 10.5.